The average Bonchev–Trinajstić information content (AvgIpc) is 2.56. The van der Waals surface area contributed by atoms with Crippen LogP contribution in [0.1, 0.15) is 5.56 Å². The normalized spacial score (nSPS) is 15.5. The summed E-state index contributed by atoms with van der Waals surface area (Å²) in [7, 11) is 2.00. The third-order valence-electron chi connectivity index (χ3n) is 4.09. The molecule has 1 amide bonds. The van der Waals surface area contributed by atoms with Crippen molar-refractivity contribution in [1.29, 1.82) is 0 Å². The zero-order valence-electron chi connectivity index (χ0n) is 13.0. The first-order valence-corrected chi connectivity index (χ1v) is 7.75. The van der Waals surface area contributed by atoms with E-state index in [4.69, 9.17) is 4.74 Å². The largest absolute Gasteiger partial charge is 0.378 e. The SMILES string of the molecule is CN(CC(=O)N1CCOCC1)Cc1cccc2ccccc12. The third-order valence-corrected chi connectivity index (χ3v) is 4.09. The number of ether oxygens (including phenoxy) is 1. The van der Waals surface area contributed by atoms with Gasteiger partial charge in [-0.2, -0.15) is 0 Å². The number of carbonyl (C=O) groups is 1. The Labute approximate surface area is 131 Å². The van der Waals surface area contributed by atoms with Crippen molar-refractivity contribution >= 4 is 16.7 Å². The molecule has 0 unspecified atom stereocenters. The van der Waals surface area contributed by atoms with Gasteiger partial charge in [-0.15, -0.1) is 0 Å². The molecule has 22 heavy (non-hydrogen) atoms. The van der Waals surface area contributed by atoms with E-state index in [-0.39, 0.29) is 5.91 Å². The first kappa shape index (κ1) is 15.0. The molecule has 0 radical (unpaired) electrons. The molecule has 0 aliphatic carbocycles. The summed E-state index contributed by atoms with van der Waals surface area (Å²) in [6.07, 6.45) is 0. The number of carbonyl (C=O) groups excluding carboxylic acids is 1. The van der Waals surface area contributed by atoms with Crippen LogP contribution in [0, 0.1) is 0 Å². The minimum absolute atomic E-state index is 0.186. The molecule has 4 heteroatoms. The number of hydrogen-bond donors (Lipinski definition) is 0. The zero-order chi connectivity index (χ0) is 15.4. The molecule has 4 nitrogen and oxygen atoms in total. The van der Waals surface area contributed by atoms with Gasteiger partial charge < -0.3 is 9.64 Å². The van der Waals surface area contributed by atoms with Gasteiger partial charge in [0.05, 0.1) is 19.8 Å². The van der Waals surface area contributed by atoms with Crippen LogP contribution in [0.25, 0.3) is 10.8 Å². The van der Waals surface area contributed by atoms with Crippen LogP contribution in [0.15, 0.2) is 42.5 Å². The number of hydrogen-bond acceptors (Lipinski definition) is 3. The predicted molar refractivity (Wildman–Crippen MR) is 87.7 cm³/mol. The van der Waals surface area contributed by atoms with Gasteiger partial charge in [0.25, 0.3) is 0 Å². The molecule has 1 saturated heterocycles. The Morgan fingerprint density at radius 1 is 1.14 bits per heavy atom. The Balaban J connectivity index is 1.65. The van der Waals surface area contributed by atoms with Crippen LogP contribution in [0.4, 0.5) is 0 Å². The fourth-order valence-electron chi connectivity index (χ4n) is 2.92. The first-order chi connectivity index (χ1) is 10.7. The Kier molecular flexibility index (Phi) is 4.71. The number of likely N-dealkylation sites (N-methyl/N-ethyl adjacent to an activating group) is 1. The molecule has 116 valence electrons. The van der Waals surface area contributed by atoms with Gasteiger partial charge in [0, 0.05) is 19.6 Å². The number of amides is 1. The summed E-state index contributed by atoms with van der Waals surface area (Å²) in [5, 5.41) is 2.50. The van der Waals surface area contributed by atoms with Crippen molar-refractivity contribution in [2.45, 2.75) is 6.54 Å². The van der Waals surface area contributed by atoms with Gasteiger partial charge in [-0.25, -0.2) is 0 Å². The summed E-state index contributed by atoms with van der Waals surface area (Å²) < 4.78 is 5.29. The molecule has 0 N–H and O–H groups in total. The van der Waals surface area contributed by atoms with Crippen LogP contribution >= 0.6 is 0 Å². The molecule has 2 aromatic rings. The molecule has 1 heterocycles. The summed E-state index contributed by atoms with van der Waals surface area (Å²) in [4.78, 5) is 16.3. The number of rotatable bonds is 4. The summed E-state index contributed by atoms with van der Waals surface area (Å²) in [6.45, 7) is 3.94. The molecule has 0 atom stereocenters. The van der Waals surface area contributed by atoms with Crippen LogP contribution in [0.5, 0.6) is 0 Å². The monoisotopic (exact) mass is 298 g/mol. The van der Waals surface area contributed by atoms with Crippen molar-refractivity contribution in [3.63, 3.8) is 0 Å². The van der Waals surface area contributed by atoms with Crippen LogP contribution in [0.3, 0.4) is 0 Å². The van der Waals surface area contributed by atoms with Gasteiger partial charge in [0.2, 0.25) is 5.91 Å². The minimum atomic E-state index is 0.186. The van der Waals surface area contributed by atoms with E-state index in [0.29, 0.717) is 32.8 Å². The second-order valence-corrected chi connectivity index (χ2v) is 5.80. The number of benzene rings is 2. The topological polar surface area (TPSA) is 32.8 Å². The Morgan fingerprint density at radius 2 is 1.86 bits per heavy atom. The molecule has 2 aromatic carbocycles. The van der Waals surface area contributed by atoms with Gasteiger partial charge in [-0.05, 0) is 23.4 Å². The second-order valence-electron chi connectivity index (χ2n) is 5.80. The molecular formula is C18H22N2O2. The average molecular weight is 298 g/mol. The first-order valence-electron chi connectivity index (χ1n) is 7.75. The summed E-state index contributed by atoms with van der Waals surface area (Å²) in [5.41, 5.74) is 1.26. The minimum Gasteiger partial charge on any atom is -0.378 e. The van der Waals surface area contributed by atoms with Crippen LogP contribution in [0.2, 0.25) is 0 Å². The van der Waals surface area contributed by atoms with Crippen molar-refractivity contribution in [3.8, 4) is 0 Å². The van der Waals surface area contributed by atoms with Gasteiger partial charge in [-0.1, -0.05) is 42.5 Å². The van der Waals surface area contributed by atoms with E-state index in [1.807, 2.05) is 11.9 Å². The quantitative estimate of drug-likeness (QED) is 0.867. The lowest BCUT2D eigenvalue weighted by atomic mass is 10.0. The van der Waals surface area contributed by atoms with Crippen molar-refractivity contribution in [3.05, 3.63) is 48.0 Å². The molecule has 0 saturated carbocycles. The molecule has 0 spiro atoms. The van der Waals surface area contributed by atoms with E-state index in [9.17, 15) is 4.79 Å². The highest BCUT2D eigenvalue weighted by atomic mass is 16.5. The van der Waals surface area contributed by atoms with Crippen LogP contribution in [-0.4, -0.2) is 55.6 Å². The third kappa shape index (κ3) is 3.46. The van der Waals surface area contributed by atoms with Gasteiger partial charge >= 0.3 is 0 Å². The van der Waals surface area contributed by atoms with Crippen molar-refractivity contribution in [1.82, 2.24) is 9.80 Å². The molecule has 1 fully saturated rings. The molecule has 1 aliphatic heterocycles. The van der Waals surface area contributed by atoms with E-state index in [2.05, 4.69) is 47.4 Å². The molecular weight excluding hydrogens is 276 g/mol. The van der Waals surface area contributed by atoms with Crippen LogP contribution < -0.4 is 0 Å². The standard InChI is InChI=1S/C18H22N2O2/c1-19(14-18(21)20-9-11-22-12-10-20)13-16-7-4-6-15-5-2-3-8-17(15)16/h2-8H,9-14H2,1H3. The van der Waals surface area contributed by atoms with Crippen molar-refractivity contribution in [2.24, 2.45) is 0 Å². The molecule has 3 rings (SSSR count). The Morgan fingerprint density at radius 3 is 2.68 bits per heavy atom. The van der Waals surface area contributed by atoms with Crippen molar-refractivity contribution in [2.75, 3.05) is 39.9 Å². The Hall–Kier alpha value is -1.91. The predicted octanol–water partition coefficient (Wildman–Crippen LogP) is 2.13. The van der Waals surface area contributed by atoms with E-state index >= 15 is 0 Å². The number of nitrogens with zero attached hydrogens (tertiary/aromatic N) is 2. The highest BCUT2D eigenvalue weighted by Crippen LogP contribution is 2.19. The van der Waals surface area contributed by atoms with E-state index in [1.165, 1.54) is 16.3 Å². The summed E-state index contributed by atoms with van der Waals surface area (Å²) in [5.74, 6) is 0.186. The van der Waals surface area contributed by atoms with E-state index in [1.54, 1.807) is 0 Å². The zero-order valence-corrected chi connectivity index (χ0v) is 13.0. The fraction of sp³-hybridized carbons (Fsp3) is 0.389. The summed E-state index contributed by atoms with van der Waals surface area (Å²) in [6, 6.07) is 14.7. The van der Waals surface area contributed by atoms with Gasteiger partial charge in [0.15, 0.2) is 0 Å². The highest BCUT2D eigenvalue weighted by Gasteiger charge is 2.18. The number of morpholine rings is 1. The maximum absolute atomic E-state index is 12.3. The maximum Gasteiger partial charge on any atom is 0.236 e. The van der Waals surface area contributed by atoms with Gasteiger partial charge in [-0.3, -0.25) is 9.69 Å². The lowest BCUT2D eigenvalue weighted by Gasteiger charge is -2.28. The number of fused-ring (bicyclic) bond motifs is 1. The lowest BCUT2D eigenvalue weighted by Crippen LogP contribution is -2.44. The lowest BCUT2D eigenvalue weighted by molar-refractivity contribution is -0.136. The molecule has 1 aliphatic rings. The Bertz CT molecular complexity index is 645. The molecule has 0 bridgehead atoms. The van der Waals surface area contributed by atoms with Crippen molar-refractivity contribution < 1.29 is 9.53 Å². The van der Waals surface area contributed by atoms with Crippen LogP contribution in [-0.2, 0) is 16.1 Å². The smallest absolute Gasteiger partial charge is 0.236 e. The van der Waals surface area contributed by atoms with Gasteiger partial charge in [0.1, 0.15) is 0 Å². The summed E-state index contributed by atoms with van der Waals surface area (Å²) >= 11 is 0. The maximum atomic E-state index is 12.3. The molecule has 0 aromatic heterocycles. The highest BCUT2D eigenvalue weighted by molar-refractivity contribution is 5.85. The second kappa shape index (κ2) is 6.90. The van der Waals surface area contributed by atoms with E-state index in [0.717, 1.165) is 6.54 Å². The van der Waals surface area contributed by atoms with E-state index < -0.39 is 0 Å². The fourth-order valence-corrected chi connectivity index (χ4v) is 2.92.